The predicted octanol–water partition coefficient (Wildman–Crippen LogP) is 4.91. The van der Waals surface area contributed by atoms with Gasteiger partial charge in [0.05, 0.1) is 0 Å². The van der Waals surface area contributed by atoms with Crippen LogP contribution in [0.25, 0.3) is 0 Å². The first-order chi connectivity index (χ1) is 10.2. The Bertz CT molecular complexity index is 412. The number of hydrogen-bond acceptors (Lipinski definition) is 2. The Morgan fingerprint density at radius 3 is 2.57 bits per heavy atom. The van der Waals surface area contributed by atoms with Gasteiger partial charge in [0.1, 0.15) is 0 Å². The summed E-state index contributed by atoms with van der Waals surface area (Å²) in [5, 5.41) is 3.84. The Kier molecular flexibility index (Phi) is 6.56. The van der Waals surface area contributed by atoms with E-state index in [1.54, 1.807) is 0 Å². The van der Waals surface area contributed by atoms with Crippen LogP contribution in [0.15, 0.2) is 24.3 Å². The molecule has 0 heterocycles. The van der Waals surface area contributed by atoms with Gasteiger partial charge < -0.3 is 5.32 Å². The van der Waals surface area contributed by atoms with Crippen molar-refractivity contribution in [3.05, 3.63) is 29.8 Å². The van der Waals surface area contributed by atoms with Crippen LogP contribution in [0.3, 0.4) is 0 Å². The van der Waals surface area contributed by atoms with Gasteiger partial charge in [0.15, 0.2) is 0 Å². The zero-order valence-corrected chi connectivity index (χ0v) is 14.1. The van der Waals surface area contributed by atoms with Gasteiger partial charge in [-0.05, 0) is 49.9 Å². The van der Waals surface area contributed by atoms with Gasteiger partial charge in [-0.1, -0.05) is 51.8 Å². The maximum absolute atomic E-state index is 3.84. The molecular weight excluding hydrogens is 256 g/mol. The highest BCUT2D eigenvalue weighted by Gasteiger charge is 2.17. The maximum atomic E-state index is 3.84. The molecule has 2 atom stereocenters. The fraction of sp³-hybridized carbons (Fsp3) is 0.684. The Hall–Kier alpha value is -1.02. The predicted molar refractivity (Wildman–Crippen MR) is 92.7 cm³/mol. The van der Waals surface area contributed by atoms with Crippen LogP contribution >= 0.6 is 0 Å². The van der Waals surface area contributed by atoms with E-state index in [2.05, 4.69) is 55.3 Å². The first-order valence-electron chi connectivity index (χ1n) is 8.79. The summed E-state index contributed by atoms with van der Waals surface area (Å²) in [6, 6.07) is 9.52. The van der Waals surface area contributed by atoms with E-state index < -0.39 is 0 Å². The van der Waals surface area contributed by atoms with Gasteiger partial charge in [0.2, 0.25) is 0 Å². The Morgan fingerprint density at radius 2 is 1.81 bits per heavy atom. The van der Waals surface area contributed by atoms with Gasteiger partial charge in [0.25, 0.3) is 0 Å². The molecule has 2 nitrogen and oxygen atoms in total. The van der Waals surface area contributed by atoms with Gasteiger partial charge in [-0.3, -0.25) is 4.90 Å². The molecule has 1 aromatic rings. The van der Waals surface area contributed by atoms with Crippen molar-refractivity contribution in [2.24, 2.45) is 5.92 Å². The summed E-state index contributed by atoms with van der Waals surface area (Å²) in [5.41, 5.74) is 2.79. The molecule has 0 bridgehead atoms. The fourth-order valence-corrected chi connectivity index (χ4v) is 3.34. The summed E-state index contributed by atoms with van der Waals surface area (Å²) >= 11 is 0. The van der Waals surface area contributed by atoms with E-state index >= 15 is 0 Å². The molecule has 0 radical (unpaired) electrons. The van der Waals surface area contributed by atoms with Gasteiger partial charge in [0, 0.05) is 18.3 Å². The summed E-state index contributed by atoms with van der Waals surface area (Å²) in [5.74, 6) is 0.905. The minimum absolute atomic E-state index is 0.660. The number of rotatable bonds is 6. The minimum Gasteiger partial charge on any atom is -0.382 e. The third kappa shape index (κ3) is 5.03. The largest absolute Gasteiger partial charge is 0.382 e. The van der Waals surface area contributed by atoms with Crippen molar-refractivity contribution in [3.63, 3.8) is 0 Å². The molecule has 2 unspecified atom stereocenters. The quantitative estimate of drug-likeness (QED) is 0.748. The van der Waals surface area contributed by atoms with Crippen LogP contribution in [0.4, 0.5) is 5.69 Å². The molecule has 1 saturated carbocycles. The molecule has 0 amide bonds. The van der Waals surface area contributed by atoms with Crippen molar-refractivity contribution in [3.8, 4) is 0 Å². The lowest BCUT2D eigenvalue weighted by Crippen LogP contribution is -2.24. The first kappa shape index (κ1) is 16.4. The van der Waals surface area contributed by atoms with Crippen molar-refractivity contribution in [1.82, 2.24) is 4.90 Å². The van der Waals surface area contributed by atoms with E-state index in [1.165, 1.54) is 43.4 Å². The van der Waals surface area contributed by atoms with Crippen LogP contribution < -0.4 is 5.32 Å². The topological polar surface area (TPSA) is 15.3 Å². The molecule has 1 fully saturated rings. The number of anilines is 1. The molecule has 1 aliphatic rings. The molecule has 2 heteroatoms. The lowest BCUT2D eigenvalue weighted by Gasteiger charge is -2.23. The normalized spacial score (nSPS) is 23.0. The van der Waals surface area contributed by atoms with Gasteiger partial charge in [-0.15, -0.1) is 0 Å². The molecule has 0 spiro atoms. The third-order valence-electron chi connectivity index (χ3n) is 4.92. The average Bonchev–Trinajstić information content (AvgIpc) is 2.71. The van der Waals surface area contributed by atoms with Gasteiger partial charge in [-0.2, -0.15) is 0 Å². The van der Waals surface area contributed by atoms with Crippen LogP contribution in [-0.2, 0) is 6.54 Å². The number of para-hydroxylation sites is 1. The molecule has 1 aromatic carbocycles. The summed E-state index contributed by atoms with van der Waals surface area (Å²) in [7, 11) is 0. The van der Waals surface area contributed by atoms with Crippen molar-refractivity contribution < 1.29 is 0 Å². The van der Waals surface area contributed by atoms with Gasteiger partial charge >= 0.3 is 0 Å². The molecule has 118 valence electrons. The van der Waals surface area contributed by atoms with Crippen LogP contribution in [0.5, 0.6) is 0 Å². The third-order valence-corrected chi connectivity index (χ3v) is 4.92. The lowest BCUT2D eigenvalue weighted by atomic mass is 10.0. The van der Waals surface area contributed by atoms with Crippen LogP contribution in [0, 0.1) is 5.92 Å². The molecule has 0 aromatic heterocycles. The van der Waals surface area contributed by atoms with Crippen molar-refractivity contribution >= 4 is 5.69 Å². The lowest BCUT2D eigenvalue weighted by molar-refractivity contribution is 0.296. The average molecular weight is 288 g/mol. The molecule has 21 heavy (non-hydrogen) atoms. The van der Waals surface area contributed by atoms with Crippen LogP contribution in [0.1, 0.15) is 58.4 Å². The molecule has 2 rings (SSSR count). The van der Waals surface area contributed by atoms with E-state index in [-0.39, 0.29) is 0 Å². The standard InChI is InChI=1S/C19H32N2/c1-4-21(5-2)15-17-10-6-7-12-19(17)20-18-11-8-9-16(3)13-14-18/h6-7,10,12,16,18,20H,4-5,8-9,11,13-15H2,1-3H3. The molecule has 0 aliphatic heterocycles. The Labute approximate surface area is 130 Å². The second kappa shape index (κ2) is 8.43. The summed E-state index contributed by atoms with van der Waals surface area (Å²) < 4.78 is 0. The van der Waals surface area contributed by atoms with E-state index in [0.29, 0.717) is 6.04 Å². The maximum Gasteiger partial charge on any atom is 0.0388 e. The van der Waals surface area contributed by atoms with E-state index in [4.69, 9.17) is 0 Å². The van der Waals surface area contributed by atoms with Crippen molar-refractivity contribution in [1.29, 1.82) is 0 Å². The van der Waals surface area contributed by atoms with E-state index in [0.717, 1.165) is 25.6 Å². The molecule has 0 saturated heterocycles. The molecule has 1 N–H and O–H groups in total. The smallest absolute Gasteiger partial charge is 0.0388 e. The summed E-state index contributed by atoms with van der Waals surface area (Å²) in [6.45, 7) is 10.2. The van der Waals surface area contributed by atoms with Crippen LogP contribution in [-0.4, -0.2) is 24.0 Å². The Balaban J connectivity index is 2.02. The van der Waals surface area contributed by atoms with E-state index in [1.807, 2.05) is 0 Å². The Morgan fingerprint density at radius 1 is 1.05 bits per heavy atom. The summed E-state index contributed by atoms with van der Waals surface area (Å²) in [6.07, 6.45) is 6.79. The first-order valence-corrected chi connectivity index (χ1v) is 8.79. The minimum atomic E-state index is 0.660. The number of hydrogen-bond donors (Lipinski definition) is 1. The number of nitrogens with zero attached hydrogens (tertiary/aromatic N) is 1. The zero-order valence-electron chi connectivity index (χ0n) is 14.1. The van der Waals surface area contributed by atoms with Crippen LogP contribution in [0.2, 0.25) is 0 Å². The highest BCUT2D eigenvalue weighted by molar-refractivity contribution is 5.51. The molecular formula is C19H32N2. The highest BCUT2D eigenvalue weighted by Crippen LogP contribution is 2.26. The van der Waals surface area contributed by atoms with E-state index in [9.17, 15) is 0 Å². The highest BCUT2D eigenvalue weighted by atomic mass is 15.1. The second-order valence-corrected chi connectivity index (χ2v) is 6.57. The monoisotopic (exact) mass is 288 g/mol. The second-order valence-electron chi connectivity index (χ2n) is 6.57. The van der Waals surface area contributed by atoms with Crippen molar-refractivity contribution in [2.75, 3.05) is 18.4 Å². The summed E-state index contributed by atoms with van der Waals surface area (Å²) in [4.78, 5) is 2.48. The molecule has 1 aliphatic carbocycles. The zero-order chi connectivity index (χ0) is 15.1. The SMILES string of the molecule is CCN(CC)Cc1ccccc1NC1CCCC(C)CC1. The number of benzene rings is 1. The van der Waals surface area contributed by atoms with Gasteiger partial charge in [-0.25, -0.2) is 0 Å². The fourth-order valence-electron chi connectivity index (χ4n) is 3.34. The van der Waals surface area contributed by atoms with Crippen molar-refractivity contribution in [2.45, 2.75) is 65.5 Å². The number of nitrogens with one attached hydrogen (secondary N) is 1.